The van der Waals surface area contributed by atoms with Crippen molar-refractivity contribution in [1.82, 2.24) is 0 Å². The average Bonchev–Trinajstić information content (AvgIpc) is 2.73. The summed E-state index contributed by atoms with van der Waals surface area (Å²) in [5.74, 6) is 1.44. The predicted octanol–water partition coefficient (Wildman–Crippen LogP) is 4.23. The maximum atomic E-state index is 12.7. The molecule has 1 amide bonds. The van der Waals surface area contributed by atoms with Gasteiger partial charge in [0.2, 0.25) is 0 Å². The van der Waals surface area contributed by atoms with Crippen LogP contribution >= 0.6 is 0 Å². The van der Waals surface area contributed by atoms with Crippen molar-refractivity contribution in [1.29, 1.82) is 0 Å². The first-order chi connectivity index (χ1) is 14.3. The summed E-state index contributed by atoms with van der Waals surface area (Å²) in [5, 5.41) is 2.88. The number of esters is 1. The SMILES string of the molecule is COC(=O)COc1ccc(NC(=O)c2ccc(OCCC(C)C)c(OC)c2)c(C)c1. The minimum Gasteiger partial charge on any atom is -0.493 e. The van der Waals surface area contributed by atoms with Crippen LogP contribution in [0, 0.1) is 12.8 Å². The number of ether oxygens (including phenoxy) is 4. The highest BCUT2D eigenvalue weighted by molar-refractivity contribution is 6.05. The highest BCUT2D eigenvalue weighted by Crippen LogP contribution is 2.29. The van der Waals surface area contributed by atoms with Crippen LogP contribution < -0.4 is 19.5 Å². The van der Waals surface area contributed by atoms with Crippen molar-refractivity contribution in [2.24, 2.45) is 5.92 Å². The van der Waals surface area contributed by atoms with Crippen molar-refractivity contribution in [3.63, 3.8) is 0 Å². The summed E-state index contributed by atoms with van der Waals surface area (Å²) in [6.45, 7) is 6.52. The molecule has 0 atom stereocenters. The largest absolute Gasteiger partial charge is 0.493 e. The first-order valence-electron chi connectivity index (χ1n) is 9.76. The van der Waals surface area contributed by atoms with Gasteiger partial charge in [0, 0.05) is 11.3 Å². The fourth-order valence-corrected chi connectivity index (χ4v) is 2.59. The Hall–Kier alpha value is -3.22. The maximum Gasteiger partial charge on any atom is 0.343 e. The van der Waals surface area contributed by atoms with E-state index in [1.807, 2.05) is 6.92 Å². The Labute approximate surface area is 177 Å². The second-order valence-corrected chi connectivity index (χ2v) is 7.19. The Morgan fingerprint density at radius 1 is 1.00 bits per heavy atom. The Kier molecular flexibility index (Phi) is 8.53. The van der Waals surface area contributed by atoms with Gasteiger partial charge in [0.1, 0.15) is 5.75 Å². The molecular formula is C23H29NO6. The zero-order valence-corrected chi connectivity index (χ0v) is 18.1. The van der Waals surface area contributed by atoms with E-state index in [0.717, 1.165) is 12.0 Å². The number of carbonyl (C=O) groups excluding carboxylic acids is 2. The zero-order valence-electron chi connectivity index (χ0n) is 18.1. The number of methoxy groups -OCH3 is 2. The molecule has 0 unspecified atom stereocenters. The van der Waals surface area contributed by atoms with Gasteiger partial charge in [-0.05, 0) is 61.2 Å². The summed E-state index contributed by atoms with van der Waals surface area (Å²) in [5.41, 5.74) is 1.89. The normalized spacial score (nSPS) is 10.5. The van der Waals surface area contributed by atoms with Crippen molar-refractivity contribution in [2.75, 3.05) is 32.8 Å². The molecule has 0 aliphatic rings. The number of benzene rings is 2. The highest BCUT2D eigenvalue weighted by atomic mass is 16.6. The zero-order chi connectivity index (χ0) is 22.1. The third kappa shape index (κ3) is 6.69. The summed E-state index contributed by atoms with van der Waals surface area (Å²) in [6, 6.07) is 10.2. The van der Waals surface area contributed by atoms with Crippen LogP contribution in [-0.4, -0.2) is 39.3 Å². The molecule has 162 valence electrons. The molecule has 0 bridgehead atoms. The first-order valence-corrected chi connectivity index (χ1v) is 9.76. The number of amides is 1. The molecule has 0 aromatic heterocycles. The van der Waals surface area contributed by atoms with Crippen molar-refractivity contribution in [3.05, 3.63) is 47.5 Å². The van der Waals surface area contributed by atoms with Gasteiger partial charge in [-0.15, -0.1) is 0 Å². The molecule has 2 aromatic carbocycles. The van der Waals surface area contributed by atoms with Gasteiger partial charge in [-0.1, -0.05) is 13.8 Å². The van der Waals surface area contributed by atoms with E-state index < -0.39 is 5.97 Å². The van der Waals surface area contributed by atoms with Gasteiger partial charge in [0.25, 0.3) is 5.91 Å². The van der Waals surface area contributed by atoms with Crippen LogP contribution in [0.1, 0.15) is 36.2 Å². The van der Waals surface area contributed by atoms with Crippen molar-refractivity contribution in [2.45, 2.75) is 27.2 Å². The van der Waals surface area contributed by atoms with Crippen LogP contribution in [0.5, 0.6) is 17.2 Å². The standard InChI is InChI=1S/C23H29NO6/c1-15(2)10-11-29-20-9-6-17(13-21(20)27-4)23(26)24-19-8-7-18(12-16(19)3)30-14-22(25)28-5/h6-9,12-13,15H,10-11,14H2,1-5H3,(H,24,26). The molecule has 2 aromatic rings. The van der Waals surface area contributed by atoms with Gasteiger partial charge >= 0.3 is 5.97 Å². The summed E-state index contributed by atoms with van der Waals surface area (Å²) in [6.07, 6.45) is 0.935. The number of rotatable bonds is 10. The fraction of sp³-hybridized carbons (Fsp3) is 0.391. The molecule has 2 rings (SSSR count). The highest BCUT2D eigenvalue weighted by Gasteiger charge is 2.13. The van der Waals surface area contributed by atoms with Crippen LogP contribution in [0.15, 0.2) is 36.4 Å². The smallest absolute Gasteiger partial charge is 0.343 e. The Balaban J connectivity index is 2.05. The summed E-state index contributed by atoms with van der Waals surface area (Å²) < 4.78 is 21.1. The van der Waals surface area contributed by atoms with Crippen LogP contribution in [0.4, 0.5) is 5.69 Å². The van der Waals surface area contributed by atoms with Gasteiger partial charge in [0.05, 0.1) is 20.8 Å². The van der Waals surface area contributed by atoms with Gasteiger partial charge in [0.15, 0.2) is 18.1 Å². The van der Waals surface area contributed by atoms with Crippen molar-refractivity contribution in [3.8, 4) is 17.2 Å². The van der Waals surface area contributed by atoms with E-state index >= 15 is 0 Å². The number of carbonyl (C=O) groups is 2. The molecule has 0 spiro atoms. The molecule has 1 N–H and O–H groups in total. The van der Waals surface area contributed by atoms with Crippen LogP contribution in [0.3, 0.4) is 0 Å². The minimum absolute atomic E-state index is 0.174. The molecule has 0 saturated carbocycles. The molecule has 0 aliphatic carbocycles. The summed E-state index contributed by atoms with van der Waals surface area (Å²) >= 11 is 0. The quantitative estimate of drug-likeness (QED) is 0.585. The fourth-order valence-electron chi connectivity index (χ4n) is 2.59. The molecule has 0 aliphatic heterocycles. The van der Waals surface area contributed by atoms with Gasteiger partial charge < -0.3 is 24.3 Å². The molecule has 0 saturated heterocycles. The van der Waals surface area contributed by atoms with Crippen molar-refractivity contribution < 1.29 is 28.5 Å². The lowest BCUT2D eigenvalue weighted by Crippen LogP contribution is -2.14. The predicted molar refractivity (Wildman–Crippen MR) is 115 cm³/mol. The van der Waals surface area contributed by atoms with Crippen molar-refractivity contribution >= 4 is 17.6 Å². The number of hydrogen-bond acceptors (Lipinski definition) is 6. The average molecular weight is 415 g/mol. The van der Waals surface area contributed by atoms with Crippen LogP contribution in [0.2, 0.25) is 0 Å². The Morgan fingerprint density at radius 3 is 2.40 bits per heavy atom. The lowest BCUT2D eigenvalue weighted by molar-refractivity contribution is -0.142. The third-order valence-corrected chi connectivity index (χ3v) is 4.41. The minimum atomic E-state index is -0.462. The monoisotopic (exact) mass is 415 g/mol. The molecule has 0 fully saturated rings. The molecule has 30 heavy (non-hydrogen) atoms. The molecule has 7 heteroatoms. The molecular weight excluding hydrogens is 386 g/mol. The van der Waals surface area contributed by atoms with E-state index in [4.69, 9.17) is 14.2 Å². The molecule has 0 radical (unpaired) electrons. The van der Waals surface area contributed by atoms with Gasteiger partial charge in [-0.3, -0.25) is 4.79 Å². The summed E-state index contributed by atoms with van der Waals surface area (Å²) in [7, 11) is 2.85. The van der Waals surface area contributed by atoms with E-state index in [-0.39, 0.29) is 12.5 Å². The summed E-state index contributed by atoms with van der Waals surface area (Å²) in [4.78, 5) is 23.9. The lowest BCUT2D eigenvalue weighted by atomic mass is 10.1. The van der Waals surface area contributed by atoms with Crippen LogP contribution in [0.25, 0.3) is 0 Å². The second-order valence-electron chi connectivity index (χ2n) is 7.19. The number of hydrogen-bond donors (Lipinski definition) is 1. The Bertz CT molecular complexity index is 878. The Morgan fingerprint density at radius 2 is 1.77 bits per heavy atom. The van der Waals surface area contributed by atoms with E-state index in [9.17, 15) is 9.59 Å². The topological polar surface area (TPSA) is 83.1 Å². The molecule has 7 nitrogen and oxygen atoms in total. The van der Waals surface area contributed by atoms with E-state index in [0.29, 0.717) is 41.0 Å². The molecule has 0 heterocycles. The maximum absolute atomic E-state index is 12.7. The number of anilines is 1. The second kappa shape index (κ2) is 11.1. The third-order valence-electron chi connectivity index (χ3n) is 4.41. The number of aryl methyl sites for hydroxylation is 1. The van der Waals surface area contributed by atoms with E-state index in [1.54, 1.807) is 43.5 Å². The number of nitrogens with one attached hydrogen (secondary N) is 1. The lowest BCUT2D eigenvalue weighted by Gasteiger charge is -2.14. The van der Waals surface area contributed by atoms with Gasteiger partial charge in [-0.2, -0.15) is 0 Å². The van der Waals surface area contributed by atoms with Gasteiger partial charge in [-0.25, -0.2) is 4.79 Å². The van der Waals surface area contributed by atoms with E-state index in [2.05, 4.69) is 23.9 Å². The van der Waals surface area contributed by atoms with E-state index in [1.165, 1.54) is 7.11 Å². The first kappa shape index (κ1) is 23.1. The van der Waals surface area contributed by atoms with Crippen LogP contribution in [-0.2, 0) is 9.53 Å².